The van der Waals surface area contributed by atoms with E-state index in [4.69, 9.17) is 0 Å². The Hall–Kier alpha value is -1.45. The molecule has 0 aromatic heterocycles. The van der Waals surface area contributed by atoms with E-state index in [1.165, 1.54) is 0 Å². The second-order valence-corrected chi connectivity index (χ2v) is 5.04. The number of benzene rings is 1. The van der Waals surface area contributed by atoms with Crippen LogP contribution in [0.3, 0.4) is 0 Å². The summed E-state index contributed by atoms with van der Waals surface area (Å²) >= 11 is 0. The first-order valence-electron chi connectivity index (χ1n) is 4.49. The van der Waals surface area contributed by atoms with E-state index in [0.717, 1.165) is 0 Å². The van der Waals surface area contributed by atoms with Gasteiger partial charge in [-0.3, -0.25) is 0 Å². The molecular weight excluding hydrogens is 302 g/mol. The molecule has 10 heteroatoms. The maximum absolute atomic E-state index is 12.6. The molecule has 108 valence electrons. The van der Waals surface area contributed by atoms with Crippen LogP contribution in [-0.2, 0) is 22.5 Å². The van der Waals surface area contributed by atoms with Gasteiger partial charge < -0.3 is 4.18 Å². The first-order valence-corrected chi connectivity index (χ1v) is 6.31. The van der Waals surface area contributed by atoms with Crippen LogP contribution >= 0.6 is 0 Å². The van der Waals surface area contributed by atoms with Gasteiger partial charge in [-0.1, -0.05) is 6.07 Å². The van der Waals surface area contributed by atoms with E-state index in [1.54, 1.807) is 0 Å². The summed E-state index contributed by atoms with van der Waals surface area (Å²) in [6.45, 7) is 0. The van der Waals surface area contributed by atoms with E-state index in [0.29, 0.717) is 18.4 Å². The molecule has 0 bridgehead atoms. The predicted octanol–water partition coefficient (Wildman–Crippen LogP) is 3.06. The fourth-order valence-electron chi connectivity index (χ4n) is 1.29. The van der Waals surface area contributed by atoms with Crippen molar-refractivity contribution in [3.8, 4) is 5.75 Å². The van der Waals surface area contributed by atoms with Gasteiger partial charge in [-0.15, -0.1) is 0 Å². The van der Waals surface area contributed by atoms with Gasteiger partial charge in [-0.25, -0.2) is 0 Å². The molecule has 0 aliphatic heterocycles. The van der Waals surface area contributed by atoms with Crippen molar-refractivity contribution in [1.29, 1.82) is 0 Å². The molecule has 3 nitrogen and oxygen atoms in total. The van der Waals surface area contributed by atoms with Gasteiger partial charge in [0.2, 0.25) is 0 Å². The molecule has 0 radical (unpaired) electrons. The zero-order valence-corrected chi connectivity index (χ0v) is 9.95. The maximum Gasteiger partial charge on any atom is 0.420 e. The third-order valence-electron chi connectivity index (χ3n) is 1.86. The molecule has 0 saturated carbocycles. The van der Waals surface area contributed by atoms with E-state index in [9.17, 15) is 34.8 Å². The number of halogens is 6. The number of alkyl halides is 6. The van der Waals surface area contributed by atoms with Gasteiger partial charge in [-0.2, -0.15) is 34.8 Å². The minimum atomic E-state index is -5.41. The fourth-order valence-corrected chi connectivity index (χ4v) is 1.76. The molecule has 1 aromatic rings. The molecule has 0 unspecified atom stereocenters. The highest BCUT2D eigenvalue weighted by Gasteiger charge is 2.45. The Kier molecular flexibility index (Phi) is 3.76. The molecule has 0 atom stereocenters. The molecule has 1 rings (SSSR count). The van der Waals surface area contributed by atoms with E-state index in [2.05, 4.69) is 4.18 Å². The van der Waals surface area contributed by atoms with Crippen molar-refractivity contribution < 1.29 is 38.9 Å². The second kappa shape index (κ2) is 4.58. The van der Waals surface area contributed by atoms with Crippen LogP contribution in [0.1, 0.15) is 11.1 Å². The highest BCUT2D eigenvalue weighted by atomic mass is 32.2. The van der Waals surface area contributed by atoms with Crippen LogP contribution in [0.15, 0.2) is 18.2 Å². The molecule has 0 aliphatic rings. The fraction of sp³-hybridized carbons (Fsp3) is 0.333. The second-order valence-electron chi connectivity index (χ2n) is 3.46. The van der Waals surface area contributed by atoms with Crippen molar-refractivity contribution in [2.24, 2.45) is 0 Å². The average molecular weight is 308 g/mol. The summed E-state index contributed by atoms with van der Waals surface area (Å²) in [4.78, 5) is 0. The summed E-state index contributed by atoms with van der Waals surface area (Å²) in [6, 6.07) is 1.32. The van der Waals surface area contributed by atoms with E-state index in [1.807, 2.05) is 0 Å². The van der Waals surface area contributed by atoms with Crippen LogP contribution in [0.2, 0.25) is 0 Å². The van der Waals surface area contributed by atoms with Crippen LogP contribution in [0, 0.1) is 0 Å². The largest absolute Gasteiger partial charge is 0.420 e. The van der Waals surface area contributed by atoms with Gasteiger partial charge in [0.05, 0.1) is 11.8 Å². The van der Waals surface area contributed by atoms with Crippen molar-refractivity contribution >= 4 is 10.1 Å². The SMILES string of the molecule is CS(=O)(=O)Oc1cccc(C(F)(F)F)c1C(F)(F)F. The first kappa shape index (κ1) is 15.6. The number of hydrogen-bond donors (Lipinski definition) is 0. The Morgan fingerprint density at radius 3 is 1.89 bits per heavy atom. The van der Waals surface area contributed by atoms with Crippen molar-refractivity contribution in [2.45, 2.75) is 12.4 Å². The topological polar surface area (TPSA) is 43.4 Å². The normalized spacial score (nSPS) is 13.4. The minimum Gasteiger partial charge on any atom is -0.382 e. The van der Waals surface area contributed by atoms with Gasteiger partial charge >= 0.3 is 22.5 Å². The molecule has 0 spiro atoms. The van der Waals surface area contributed by atoms with Crippen molar-refractivity contribution in [2.75, 3.05) is 6.26 Å². The highest BCUT2D eigenvalue weighted by molar-refractivity contribution is 7.86. The number of hydrogen-bond acceptors (Lipinski definition) is 3. The van der Waals surface area contributed by atoms with E-state index in [-0.39, 0.29) is 6.07 Å². The Morgan fingerprint density at radius 1 is 1.00 bits per heavy atom. The summed E-state index contributed by atoms with van der Waals surface area (Å²) < 4.78 is 101. The minimum absolute atomic E-state index is 0.192. The summed E-state index contributed by atoms with van der Waals surface area (Å²) in [7, 11) is -4.39. The van der Waals surface area contributed by atoms with Crippen molar-refractivity contribution in [3.63, 3.8) is 0 Å². The van der Waals surface area contributed by atoms with Crippen LogP contribution in [0.25, 0.3) is 0 Å². The third kappa shape index (κ3) is 4.01. The van der Waals surface area contributed by atoms with Gasteiger partial charge in [0.1, 0.15) is 5.56 Å². The van der Waals surface area contributed by atoms with Crippen LogP contribution in [0.4, 0.5) is 26.3 Å². The van der Waals surface area contributed by atoms with E-state index < -0.39 is 39.3 Å². The Bertz CT molecular complexity index is 573. The molecule has 19 heavy (non-hydrogen) atoms. The molecule has 0 fully saturated rings. The Morgan fingerprint density at radius 2 is 1.53 bits per heavy atom. The smallest absolute Gasteiger partial charge is 0.382 e. The van der Waals surface area contributed by atoms with Crippen molar-refractivity contribution in [3.05, 3.63) is 29.3 Å². The van der Waals surface area contributed by atoms with E-state index >= 15 is 0 Å². The molecule has 0 amide bonds. The number of rotatable bonds is 2. The maximum atomic E-state index is 12.6. The lowest BCUT2D eigenvalue weighted by Gasteiger charge is -2.18. The van der Waals surface area contributed by atoms with Gasteiger partial charge in [0.25, 0.3) is 0 Å². The van der Waals surface area contributed by atoms with Crippen LogP contribution < -0.4 is 4.18 Å². The lowest BCUT2D eigenvalue weighted by Crippen LogP contribution is -2.19. The molecule has 0 saturated heterocycles. The van der Waals surface area contributed by atoms with Gasteiger partial charge in [0, 0.05) is 0 Å². The van der Waals surface area contributed by atoms with Gasteiger partial charge in [0.15, 0.2) is 5.75 Å². The first-order chi connectivity index (χ1) is 8.32. The third-order valence-corrected chi connectivity index (χ3v) is 2.34. The van der Waals surface area contributed by atoms with Crippen LogP contribution in [-0.4, -0.2) is 14.7 Å². The molecule has 0 aliphatic carbocycles. The standard InChI is InChI=1S/C9H6F6O3S/c1-19(16,17)18-6-4-2-3-5(8(10,11)12)7(6)9(13,14)15/h2-4H,1H3. The van der Waals surface area contributed by atoms with Crippen LogP contribution in [0.5, 0.6) is 5.75 Å². The summed E-state index contributed by atoms with van der Waals surface area (Å²) in [5, 5.41) is 0. The molecule has 0 heterocycles. The molecule has 0 N–H and O–H groups in total. The predicted molar refractivity (Wildman–Crippen MR) is 51.9 cm³/mol. The average Bonchev–Trinajstić information content (AvgIpc) is 2.11. The lowest BCUT2D eigenvalue weighted by molar-refractivity contribution is -0.162. The monoisotopic (exact) mass is 308 g/mol. The summed E-state index contributed by atoms with van der Waals surface area (Å²) in [5.41, 5.74) is -4.19. The quantitative estimate of drug-likeness (QED) is 0.623. The molecular formula is C9H6F6O3S. The zero-order valence-electron chi connectivity index (χ0n) is 9.13. The Balaban J connectivity index is 3.58. The van der Waals surface area contributed by atoms with Crippen molar-refractivity contribution in [1.82, 2.24) is 0 Å². The van der Waals surface area contributed by atoms with Gasteiger partial charge in [-0.05, 0) is 12.1 Å². The Labute approximate surface area is 103 Å². The summed E-state index contributed by atoms with van der Waals surface area (Å²) in [5.74, 6) is -1.41. The summed E-state index contributed by atoms with van der Waals surface area (Å²) in [6.07, 6.45) is -10.3. The lowest BCUT2D eigenvalue weighted by atomic mass is 10.1. The highest BCUT2D eigenvalue weighted by Crippen LogP contribution is 2.44. The molecule has 1 aromatic carbocycles. The zero-order chi connectivity index (χ0) is 15.1.